The highest BCUT2D eigenvalue weighted by molar-refractivity contribution is 7.89. The zero-order chi connectivity index (χ0) is 12.5. The van der Waals surface area contributed by atoms with E-state index in [1.165, 1.54) is 6.20 Å². The molecule has 0 aromatic carbocycles. The standard InChI is InChI=1S/C10H18N4O2S/c1-8-9(6-12-13-8)17(15,16)14-10(7-11)4-2-3-5-10/h6,14H,2-5,7,11H2,1H3,(H,12,13). The van der Waals surface area contributed by atoms with E-state index in [9.17, 15) is 8.42 Å². The lowest BCUT2D eigenvalue weighted by molar-refractivity contribution is 0.399. The van der Waals surface area contributed by atoms with Gasteiger partial charge in [-0.15, -0.1) is 0 Å². The number of hydrogen-bond acceptors (Lipinski definition) is 4. The number of hydrogen-bond donors (Lipinski definition) is 3. The van der Waals surface area contributed by atoms with Crippen LogP contribution in [0, 0.1) is 6.92 Å². The van der Waals surface area contributed by atoms with Crippen molar-refractivity contribution in [2.45, 2.75) is 43.0 Å². The average molecular weight is 258 g/mol. The van der Waals surface area contributed by atoms with E-state index in [4.69, 9.17) is 5.73 Å². The first-order chi connectivity index (χ1) is 7.99. The smallest absolute Gasteiger partial charge is 0.244 e. The maximum absolute atomic E-state index is 12.2. The molecule has 0 spiro atoms. The SMILES string of the molecule is Cc1[nH]ncc1S(=O)(=O)NC1(CN)CCCC1. The number of H-pyrrole nitrogens is 1. The van der Waals surface area contributed by atoms with Gasteiger partial charge in [-0.2, -0.15) is 5.10 Å². The Balaban J connectivity index is 2.26. The Hall–Kier alpha value is -0.920. The first kappa shape index (κ1) is 12.5. The molecule has 7 heteroatoms. The predicted octanol–water partition coefficient (Wildman–Crippen LogP) is 0.268. The molecule has 1 heterocycles. The van der Waals surface area contributed by atoms with Crippen LogP contribution in [0.3, 0.4) is 0 Å². The van der Waals surface area contributed by atoms with Crippen LogP contribution in [0.2, 0.25) is 0 Å². The van der Waals surface area contributed by atoms with E-state index < -0.39 is 15.6 Å². The molecule has 0 radical (unpaired) electrons. The molecule has 1 saturated carbocycles. The van der Waals surface area contributed by atoms with E-state index in [0.29, 0.717) is 12.2 Å². The summed E-state index contributed by atoms with van der Waals surface area (Å²) in [4.78, 5) is 0.206. The molecule has 4 N–H and O–H groups in total. The van der Waals surface area contributed by atoms with Gasteiger partial charge in [0.2, 0.25) is 10.0 Å². The van der Waals surface area contributed by atoms with Crippen molar-refractivity contribution in [3.05, 3.63) is 11.9 Å². The fourth-order valence-corrected chi connectivity index (χ4v) is 3.96. The van der Waals surface area contributed by atoms with Crippen molar-refractivity contribution in [2.75, 3.05) is 6.54 Å². The molecule has 1 aromatic rings. The van der Waals surface area contributed by atoms with Gasteiger partial charge < -0.3 is 5.73 Å². The number of aryl methyl sites for hydroxylation is 1. The number of nitrogens with one attached hydrogen (secondary N) is 2. The Morgan fingerprint density at radius 2 is 2.18 bits per heavy atom. The second-order valence-electron chi connectivity index (χ2n) is 4.66. The summed E-state index contributed by atoms with van der Waals surface area (Å²) >= 11 is 0. The fraction of sp³-hybridized carbons (Fsp3) is 0.700. The predicted molar refractivity (Wildman–Crippen MR) is 63.9 cm³/mol. The molecule has 6 nitrogen and oxygen atoms in total. The van der Waals surface area contributed by atoms with E-state index in [1.807, 2.05) is 0 Å². The molecule has 1 aromatic heterocycles. The maximum atomic E-state index is 12.2. The molecule has 0 unspecified atom stereocenters. The summed E-state index contributed by atoms with van der Waals surface area (Å²) < 4.78 is 27.2. The highest BCUT2D eigenvalue weighted by atomic mass is 32.2. The van der Waals surface area contributed by atoms with Crippen LogP contribution >= 0.6 is 0 Å². The molecule has 0 aliphatic heterocycles. The minimum absolute atomic E-state index is 0.206. The quantitative estimate of drug-likeness (QED) is 0.721. The Labute approximate surface area is 101 Å². The van der Waals surface area contributed by atoms with Gasteiger partial charge in [0.1, 0.15) is 4.90 Å². The molecule has 0 atom stereocenters. The zero-order valence-corrected chi connectivity index (χ0v) is 10.7. The lowest BCUT2D eigenvalue weighted by atomic mass is 10.0. The molecule has 1 aliphatic carbocycles. The second kappa shape index (κ2) is 4.40. The van der Waals surface area contributed by atoms with Crippen molar-refractivity contribution >= 4 is 10.0 Å². The van der Waals surface area contributed by atoms with E-state index in [2.05, 4.69) is 14.9 Å². The molecule has 1 fully saturated rings. The number of rotatable bonds is 4. The molecule has 1 aliphatic rings. The third kappa shape index (κ3) is 2.36. The summed E-state index contributed by atoms with van der Waals surface area (Å²) in [6.07, 6.45) is 4.98. The Morgan fingerprint density at radius 1 is 1.53 bits per heavy atom. The van der Waals surface area contributed by atoms with Gasteiger partial charge in [0.05, 0.1) is 11.9 Å². The minimum atomic E-state index is -3.53. The van der Waals surface area contributed by atoms with Crippen LogP contribution in [0.25, 0.3) is 0 Å². The number of aromatic amines is 1. The van der Waals surface area contributed by atoms with Gasteiger partial charge in [0.15, 0.2) is 0 Å². The van der Waals surface area contributed by atoms with Crippen molar-refractivity contribution in [3.8, 4) is 0 Å². The highest BCUT2D eigenvalue weighted by Crippen LogP contribution is 2.30. The summed E-state index contributed by atoms with van der Waals surface area (Å²) in [5.41, 5.74) is 5.79. The van der Waals surface area contributed by atoms with Crippen LogP contribution in [0.4, 0.5) is 0 Å². The number of sulfonamides is 1. The summed E-state index contributed by atoms with van der Waals surface area (Å²) in [5.74, 6) is 0. The van der Waals surface area contributed by atoms with Crippen molar-refractivity contribution in [1.82, 2.24) is 14.9 Å². The molecule has 17 heavy (non-hydrogen) atoms. The minimum Gasteiger partial charge on any atom is -0.329 e. The second-order valence-corrected chi connectivity index (χ2v) is 6.31. The lowest BCUT2D eigenvalue weighted by Gasteiger charge is -2.28. The first-order valence-corrected chi connectivity index (χ1v) is 7.21. The van der Waals surface area contributed by atoms with Crippen molar-refractivity contribution in [3.63, 3.8) is 0 Å². The first-order valence-electron chi connectivity index (χ1n) is 5.73. The summed E-state index contributed by atoms with van der Waals surface area (Å²) in [5, 5.41) is 6.37. The zero-order valence-electron chi connectivity index (χ0n) is 9.86. The monoisotopic (exact) mass is 258 g/mol. The van der Waals surface area contributed by atoms with E-state index in [1.54, 1.807) is 6.92 Å². The highest BCUT2D eigenvalue weighted by Gasteiger charge is 2.37. The third-order valence-electron chi connectivity index (χ3n) is 3.38. The normalized spacial score (nSPS) is 19.6. The topological polar surface area (TPSA) is 101 Å². The van der Waals surface area contributed by atoms with Gasteiger partial charge in [-0.05, 0) is 19.8 Å². The molecular weight excluding hydrogens is 240 g/mol. The number of aromatic nitrogens is 2. The van der Waals surface area contributed by atoms with E-state index in [-0.39, 0.29) is 4.90 Å². The van der Waals surface area contributed by atoms with Crippen LogP contribution < -0.4 is 10.5 Å². The van der Waals surface area contributed by atoms with Crippen LogP contribution in [0.15, 0.2) is 11.1 Å². The van der Waals surface area contributed by atoms with Crippen LogP contribution in [-0.4, -0.2) is 30.7 Å². The summed E-state index contributed by atoms with van der Waals surface area (Å²) in [6, 6.07) is 0. The Morgan fingerprint density at radius 3 is 2.65 bits per heavy atom. The fourth-order valence-electron chi connectivity index (χ4n) is 2.35. The molecule has 0 saturated heterocycles. The average Bonchev–Trinajstić information content (AvgIpc) is 2.87. The van der Waals surface area contributed by atoms with Crippen LogP contribution in [-0.2, 0) is 10.0 Å². The molecule has 2 rings (SSSR count). The molecule has 0 amide bonds. The maximum Gasteiger partial charge on any atom is 0.244 e. The third-order valence-corrected chi connectivity index (χ3v) is 5.07. The molecule has 96 valence electrons. The van der Waals surface area contributed by atoms with E-state index in [0.717, 1.165) is 25.7 Å². The van der Waals surface area contributed by atoms with Crippen LogP contribution in [0.1, 0.15) is 31.4 Å². The van der Waals surface area contributed by atoms with Gasteiger partial charge in [0.25, 0.3) is 0 Å². The molecular formula is C10H18N4O2S. The van der Waals surface area contributed by atoms with Crippen molar-refractivity contribution < 1.29 is 8.42 Å². The summed E-state index contributed by atoms with van der Waals surface area (Å²) in [6.45, 7) is 2.02. The molecule has 0 bridgehead atoms. The van der Waals surface area contributed by atoms with Gasteiger partial charge in [-0.25, -0.2) is 13.1 Å². The van der Waals surface area contributed by atoms with Crippen molar-refractivity contribution in [1.29, 1.82) is 0 Å². The number of nitrogens with zero attached hydrogens (tertiary/aromatic N) is 1. The Kier molecular flexibility index (Phi) is 3.24. The lowest BCUT2D eigenvalue weighted by Crippen LogP contribution is -2.51. The van der Waals surface area contributed by atoms with E-state index >= 15 is 0 Å². The summed E-state index contributed by atoms with van der Waals surface area (Å²) in [7, 11) is -3.53. The van der Waals surface area contributed by atoms with Gasteiger partial charge in [-0.3, -0.25) is 5.10 Å². The van der Waals surface area contributed by atoms with Crippen molar-refractivity contribution in [2.24, 2.45) is 5.73 Å². The number of nitrogens with two attached hydrogens (primary N) is 1. The van der Waals surface area contributed by atoms with Crippen LogP contribution in [0.5, 0.6) is 0 Å². The van der Waals surface area contributed by atoms with Gasteiger partial charge in [-0.1, -0.05) is 12.8 Å². The van der Waals surface area contributed by atoms with Gasteiger partial charge in [0, 0.05) is 12.1 Å². The largest absolute Gasteiger partial charge is 0.329 e. The van der Waals surface area contributed by atoms with Gasteiger partial charge >= 0.3 is 0 Å². The Bertz CT molecular complexity index is 488.